The molecular formula is C15H19F3N2O4. The van der Waals surface area contributed by atoms with Crippen LogP contribution in [0.2, 0.25) is 0 Å². The van der Waals surface area contributed by atoms with Crippen LogP contribution in [0.25, 0.3) is 0 Å². The summed E-state index contributed by atoms with van der Waals surface area (Å²) in [5.74, 6) is -1.29. The van der Waals surface area contributed by atoms with Crippen LogP contribution in [-0.4, -0.2) is 31.3 Å². The molecule has 0 spiro atoms. The number of halogens is 3. The average Bonchev–Trinajstić information content (AvgIpc) is 2.52. The van der Waals surface area contributed by atoms with Gasteiger partial charge in [-0.25, -0.2) is 0 Å². The van der Waals surface area contributed by atoms with Crippen LogP contribution in [0.1, 0.15) is 36.2 Å². The zero-order valence-corrected chi connectivity index (χ0v) is 13.3. The molecule has 1 rings (SSSR count). The highest BCUT2D eigenvalue weighted by Crippen LogP contribution is 2.28. The van der Waals surface area contributed by atoms with Crippen molar-refractivity contribution >= 4 is 11.8 Å². The summed E-state index contributed by atoms with van der Waals surface area (Å²) in [6.45, 7) is 4.21. The van der Waals surface area contributed by atoms with E-state index in [1.165, 1.54) is 0 Å². The molecule has 1 aromatic rings. The lowest BCUT2D eigenvalue weighted by molar-refractivity contribution is -0.153. The molecule has 0 radical (unpaired) electrons. The number of carbonyl (C=O) groups excluding carboxylic acids is 2. The lowest BCUT2D eigenvalue weighted by atomic mass is 10.1. The van der Waals surface area contributed by atoms with Gasteiger partial charge in [-0.1, -0.05) is 0 Å². The molecule has 0 heterocycles. The van der Waals surface area contributed by atoms with Gasteiger partial charge < -0.3 is 9.47 Å². The highest BCUT2D eigenvalue weighted by Gasteiger charge is 2.30. The number of ether oxygens (including phenoxy) is 2. The minimum absolute atomic E-state index is 0.0190. The monoisotopic (exact) mass is 348 g/mol. The summed E-state index contributed by atoms with van der Waals surface area (Å²) < 4.78 is 47.7. The Hall–Kier alpha value is -2.13. The Kier molecular flexibility index (Phi) is 7.66. The third-order valence-electron chi connectivity index (χ3n) is 2.85. The zero-order valence-electron chi connectivity index (χ0n) is 13.3. The summed E-state index contributed by atoms with van der Waals surface area (Å²) in [6.07, 6.45) is -5.34. The summed E-state index contributed by atoms with van der Waals surface area (Å²) in [6, 6.07) is 3.62. The van der Waals surface area contributed by atoms with Gasteiger partial charge in [0.25, 0.3) is 5.91 Å². The molecule has 0 unspecified atom stereocenters. The number of alkyl halides is 3. The first-order valence-electron chi connectivity index (χ1n) is 7.27. The fourth-order valence-electron chi connectivity index (χ4n) is 1.75. The van der Waals surface area contributed by atoms with Crippen LogP contribution in [0.5, 0.6) is 0 Å². The molecule has 6 nitrogen and oxygen atoms in total. The Balaban J connectivity index is 2.51. The predicted molar refractivity (Wildman–Crippen MR) is 78.7 cm³/mol. The normalized spacial score (nSPS) is 11.4. The maximum absolute atomic E-state index is 12.4. The third kappa shape index (κ3) is 6.55. The summed E-state index contributed by atoms with van der Waals surface area (Å²) in [4.78, 5) is 23.5. The van der Waals surface area contributed by atoms with E-state index in [0.717, 1.165) is 24.3 Å². The number of hydrogen-bond donors (Lipinski definition) is 2. The third-order valence-corrected chi connectivity index (χ3v) is 2.85. The predicted octanol–water partition coefficient (Wildman–Crippen LogP) is 2.26. The number of hydrazine groups is 1. The fourth-order valence-corrected chi connectivity index (χ4v) is 1.75. The molecule has 0 aliphatic carbocycles. The van der Waals surface area contributed by atoms with Crippen molar-refractivity contribution in [1.29, 1.82) is 0 Å². The van der Waals surface area contributed by atoms with Crippen molar-refractivity contribution in [1.82, 2.24) is 10.9 Å². The van der Waals surface area contributed by atoms with Crippen LogP contribution >= 0.6 is 0 Å². The largest absolute Gasteiger partial charge is 0.416 e. The van der Waals surface area contributed by atoms with E-state index in [1.54, 1.807) is 13.8 Å². The maximum Gasteiger partial charge on any atom is 0.416 e. The van der Waals surface area contributed by atoms with Gasteiger partial charge in [0.05, 0.1) is 12.0 Å². The van der Waals surface area contributed by atoms with Crippen molar-refractivity contribution in [3.05, 3.63) is 35.4 Å². The molecule has 9 heteroatoms. The quantitative estimate of drug-likeness (QED) is 0.585. The maximum atomic E-state index is 12.4. The lowest BCUT2D eigenvalue weighted by Gasteiger charge is -2.16. The van der Waals surface area contributed by atoms with Crippen LogP contribution < -0.4 is 10.9 Å². The van der Waals surface area contributed by atoms with Crippen molar-refractivity contribution in [2.24, 2.45) is 0 Å². The van der Waals surface area contributed by atoms with Crippen molar-refractivity contribution in [2.45, 2.75) is 32.7 Å². The van der Waals surface area contributed by atoms with E-state index in [1.807, 2.05) is 0 Å². The van der Waals surface area contributed by atoms with Crippen molar-refractivity contribution in [3.63, 3.8) is 0 Å². The molecule has 2 N–H and O–H groups in total. The van der Waals surface area contributed by atoms with Crippen LogP contribution in [0, 0.1) is 0 Å². The Morgan fingerprint density at radius 3 is 2.04 bits per heavy atom. The van der Waals surface area contributed by atoms with Crippen LogP contribution in [0.15, 0.2) is 24.3 Å². The zero-order chi connectivity index (χ0) is 18.2. The first kappa shape index (κ1) is 19.9. The molecule has 134 valence electrons. The second-order valence-electron chi connectivity index (χ2n) is 4.62. The molecule has 0 saturated carbocycles. The minimum Gasteiger partial charge on any atom is -0.352 e. The average molecular weight is 348 g/mol. The molecule has 0 fully saturated rings. The van der Waals surface area contributed by atoms with E-state index in [9.17, 15) is 22.8 Å². The number of carbonyl (C=O) groups is 2. The molecule has 0 aliphatic rings. The molecule has 0 aromatic heterocycles. The number of hydrogen-bond acceptors (Lipinski definition) is 4. The van der Waals surface area contributed by atoms with Gasteiger partial charge in [-0.2, -0.15) is 13.2 Å². The van der Waals surface area contributed by atoms with E-state index in [4.69, 9.17) is 9.47 Å². The van der Waals surface area contributed by atoms with Gasteiger partial charge in [-0.05, 0) is 38.1 Å². The molecular weight excluding hydrogens is 329 g/mol. The van der Waals surface area contributed by atoms with E-state index in [-0.39, 0.29) is 12.0 Å². The summed E-state index contributed by atoms with van der Waals surface area (Å²) >= 11 is 0. The lowest BCUT2D eigenvalue weighted by Crippen LogP contribution is -2.43. The van der Waals surface area contributed by atoms with Crippen molar-refractivity contribution in [2.75, 3.05) is 13.2 Å². The Bertz CT molecular complexity index is 541. The standard InChI is InChI=1S/C15H19F3N2O4/c1-3-23-13(24-4-2)9-12(21)19-20-14(22)10-5-7-11(8-6-10)15(16,17)18/h5-8,13H,3-4,9H2,1-2H3,(H,19,21)(H,20,22). The van der Waals surface area contributed by atoms with E-state index in [2.05, 4.69) is 10.9 Å². The van der Waals surface area contributed by atoms with Gasteiger partial charge in [0.15, 0.2) is 6.29 Å². The van der Waals surface area contributed by atoms with E-state index < -0.39 is 29.8 Å². The van der Waals surface area contributed by atoms with Crippen LogP contribution in [0.3, 0.4) is 0 Å². The first-order valence-corrected chi connectivity index (χ1v) is 7.27. The molecule has 2 amide bonds. The van der Waals surface area contributed by atoms with Gasteiger partial charge in [0.2, 0.25) is 5.91 Å². The molecule has 0 aliphatic heterocycles. The van der Waals surface area contributed by atoms with Crippen LogP contribution in [-0.2, 0) is 20.4 Å². The van der Waals surface area contributed by atoms with Gasteiger partial charge >= 0.3 is 6.18 Å². The molecule has 0 atom stereocenters. The molecule has 0 saturated heterocycles. The Morgan fingerprint density at radius 1 is 1.04 bits per heavy atom. The highest BCUT2D eigenvalue weighted by atomic mass is 19.4. The second-order valence-corrected chi connectivity index (χ2v) is 4.62. The molecule has 1 aromatic carbocycles. The number of benzene rings is 1. The highest BCUT2D eigenvalue weighted by molar-refractivity contribution is 5.95. The summed E-state index contributed by atoms with van der Waals surface area (Å²) in [5, 5.41) is 0. The van der Waals surface area contributed by atoms with E-state index in [0.29, 0.717) is 13.2 Å². The number of rotatable bonds is 7. The smallest absolute Gasteiger partial charge is 0.352 e. The number of nitrogens with one attached hydrogen (secondary N) is 2. The van der Waals surface area contributed by atoms with Gasteiger partial charge in [-0.15, -0.1) is 0 Å². The topological polar surface area (TPSA) is 76.7 Å². The fraction of sp³-hybridized carbons (Fsp3) is 0.467. The SMILES string of the molecule is CCOC(CC(=O)NNC(=O)c1ccc(C(F)(F)F)cc1)OCC. The summed E-state index contributed by atoms with van der Waals surface area (Å²) in [5.41, 5.74) is 3.39. The van der Waals surface area contributed by atoms with Crippen molar-refractivity contribution in [3.8, 4) is 0 Å². The van der Waals surface area contributed by atoms with E-state index >= 15 is 0 Å². The summed E-state index contributed by atoms with van der Waals surface area (Å²) in [7, 11) is 0. The molecule has 24 heavy (non-hydrogen) atoms. The second kappa shape index (κ2) is 9.24. The first-order chi connectivity index (χ1) is 11.3. The van der Waals surface area contributed by atoms with Gasteiger partial charge in [0.1, 0.15) is 0 Å². The van der Waals surface area contributed by atoms with Crippen LogP contribution in [0.4, 0.5) is 13.2 Å². The molecule has 0 bridgehead atoms. The minimum atomic E-state index is -4.48. The van der Waals surface area contributed by atoms with Crippen molar-refractivity contribution < 1.29 is 32.2 Å². The Morgan fingerprint density at radius 2 is 1.58 bits per heavy atom. The van der Waals surface area contributed by atoms with Gasteiger partial charge in [0, 0.05) is 18.8 Å². The number of amides is 2. The van der Waals surface area contributed by atoms with Gasteiger partial charge in [-0.3, -0.25) is 20.4 Å². The Labute approximate surface area is 137 Å².